The SMILES string of the molecule is CCC(=O)N1CCc2cc(C(=O)NNC(=O)c3ccccn3)ccc21. The zero-order valence-corrected chi connectivity index (χ0v) is 13.8. The number of hydrogen-bond acceptors (Lipinski definition) is 4. The number of rotatable bonds is 3. The number of aromatic nitrogens is 1. The second kappa shape index (κ2) is 7.12. The standard InChI is InChI=1S/C18H18N4O3/c1-2-16(23)22-10-8-12-11-13(6-7-15(12)22)17(24)20-21-18(25)14-5-3-4-9-19-14/h3-7,9,11H,2,8,10H2,1H3,(H,20,24)(H,21,25). The van der Waals surface area contributed by atoms with Crippen LogP contribution in [0.15, 0.2) is 42.6 Å². The Kier molecular flexibility index (Phi) is 4.74. The van der Waals surface area contributed by atoms with Crippen LogP contribution in [0.3, 0.4) is 0 Å². The highest BCUT2D eigenvalue weighted by molar-refractivity contribution is 6.00. The number of hydrogen-bond donors (Lipinski definition) is 2. The molecule has 2 heterocycles. The van der Waals surface area contributed by atoms with Gasteiger partial charge in [0.05, 0.1) is 0 Å². The third kappa shape index (κ3) is 3.50. The highest BCUT2D eigenvalue weighted by Gasteiger charge is 2.24. The second-order valence-corrected chi connectivity index (χ2v) is 5.62. The second-order valence-electron chi connectivity index (χ2n) is 5.62. The first-order valence-electron chi connectivity index (χ1n) is 8.05. The van der Waals surface area contributed by atoms with Gasteiger partial charge in [0.15, 0.2) is 0 Å². The van der Waals surface area contributed by atoms with Crippen LogP contribution in [0.4, 0.5) is 5.69 Å². The van der Waals surface area contributed by atoms with Gasteiger partial charge in [0, 0.05) is 30.4 Å². The first-order valence-corrected chi connectivity index (χ1v) is 8.05. The van der Waals surface area contributed by atoms with Crippen LogP contribution in [0.1, 0.15) is 39.8 Å². The van der Waals surface area contributed by atoms with Gasteiger partial charge in [0.2, 0.25) is 5.91 Å². The lowest BCUT2D eigenvalue weighted by Gasteiger charge is -2.16. The fourth-order valence-electron chi connectivity index (χ4n) is 2.74. The van der Waals surface area contributed by atoms with Crippen molar-refractivity contribution in [2.24, 2.45) is 0 Å². The molecule has 1 aliphatic heterocycles. The van der Waals surface area contributed by atoms with Gasteiger partial charge in [-0.3, -0.25) is 30.2 Å². The molecular formula is C18H18N4O3. The molecule has 1 aliphatic rings. The summed E-state index contributed by atoms with van der Waals surface area (Å²) in [6.45, 7) is 2.45. The summed E-state index contributed by atoms with van der Waals surface area (Å²) in [5.74, 6) is -0.847. The van der Waals surface area contributed by atoms with Crippen molar-refractivity contribution in [2.75, 3.05) is 11.4 Å². The summed E-state index contributed by atoms with van der Waals surface area (Å²) in [7, 11) is 0. The van der Waals surface area contributed by atoms with E-state index in [1.165, 1.54) is 6.20 Å². The van der Waals surface area contributed by atoms with Gasteiger partial charge in [-0.05, 0) is 42.3 Å². The molecule has 25 heavy (non-hydrogen) atoms. The Morgan fingerprint density at radius 1 is 1.12 bits per heavy atom. The molecule has 7 nitrogen and oxygen atoms in total. The molecule has 128 valence electrons. The molecule has 3 amide bonds. The van der Waals surface area contributed by atoms with Crippen molar-refractivity contribution in [3.8, 4) is 0 Å². The van der Waals surface area contributed by atoms with Crippen molar-refractivity contribution in [3.63, 3.8) is 0 Å². The molecule has 0 fully saturated rings. The van der Waals surface area contributed by atoms with Crippen LogP contribution < -0.4 is 15.8 Å². The van der Waals surface area contributed by atoms with Crippen molar-refractivity contribution < 1.29 is 14.4 Å². The first-order chi connectivity index (χ1) is 12.1. The predicted octanol–water partition coefficient (Wildman–Crippen LogP) is 1.46. The van der Waals surface area contributed by atoms with Crippen molar-refractivity contribution in [1.82, 2.24) is 15.8 Å². The molecule has 0 saturated heterocycles. The fraction of sp³-hybridized carbons (Fsp3) is 0.222. The number of pyridine rings is 1. The van der Waals surface area contributed by atoms with E-state index in [2.05, 4.69) is 15.8 Å². The number of nitrogens with one attached hydrogen (secondary N) is 2. The normalized spacial score (nSPS) is 12.4. The Morgan fingerprint density at radius 2 is 1.92 bits per heavy atom. The van der Waals surface area contributed by atoms with Gasteiger partial charge in [-0.25, -0.2) is 0 Å². The molecule has 0 spiro atoms. The van der Waals surface area contributed by atoms with Gasteiger partial charge in [0.25, 0.3) is 11.8 Å². The molecule has 2 aromatic rings. The average Bonchev–Trinajstić information content (AvgIpc) is 3.09. The molecule has 0 radical (unpaired) electrons. The number of anilines is 1. The molecule has 0 unspecified atom stereocenters. The van der Waals surface area contributed by atoms with Crippen molar-refractivity contribution in [1.29, 1.82) is 0 Å². The van der Waals surface area contributed by atoms with Gasteiger partial charge in [-0.1, -0.05) is 13.0 Å². The van der Waals surface area contributed by atoms with E-state index in [-0.39, 0.29) is 11.6 Å². The van der Waals surface area contributed by atoms with Crippen LogP contribution in [-0.4, -0.2) is 29.3 Å². The van der Waals surface area contributed by atoms with Crippen LogP contribution in [0, 0.1) is 0 Å². The van der Waals surface area contributed by atoms with E-state index in [1.54, 1.807) is 41.3 Å². The lowest BCUT2D eigenvalue weighted by molar-refractivity contribution is -0.118. The van der Waals surface area contributed by atoms with Crippen molar-refractivity contribution >= 4 is 23.4 Å². The minimum absolute atomic E-state index is 0.0681. The molecule has 3 rings (SSSR count). The van der Waals surface area contributed by atoms with Gasteiger partial charge < -0.3 is 4.90 Å². The summed E-state index contributed by atoms with van der Waals surface area (Å²) in [5, 5.41) is 0. The minimum Gasteiger partial charge on any atom is -0.312 e. The number of nitrogens with zero attached hydrogens (tertiary/aromatic N) is 2. The molecule has 1 aromatic heterocycles. The van der Waals surface area contributed by atoms with E-state index >= 15 is 0 Å². The summed E-state index contributed by atoms with van der Waals surface area (Å²) in [6.07, 6.45) is 2.66. The molecule has 0 bridgehead atoms. The molecule has 7 heteroatoms. The third-order valence-electron chi connectivity index (χ3n) is 4.03. The number of carbonyl (C=O) groups is 3. The van der Waals surface area contributed by atoms with Gasteiger partial charge in [0.1, 0.15) is 5.69 Å². The number of hydrazine groups is 1. The zero-order chi connectivity index (χ0) is 17.8. The largest absolute Gasteiger partial charge is 0.312 e. The quantitative estimate of drug-likeness (QED) is 0.829. The number of fused-ring (bicyclic) bond motifs is 1. The Hall–Kier alpha value is -3.22. The molecule has 1 aromatic carbocycles. The van der Waals surface area contributed by atoms with Crippen LogP contribution in [0.2, 0.25) is 0 Å². The lowest BCUT2D eigenvalue weighted by atomic mass is 10.1. The van der Waals surface area contributed by atoms with Crippen LogP contribution in [-0.2, 0) is 11.2 Å². The lowest BCUT2D eigenvalue weighted by Crippen LogP contribution is -2.41. The van der Waals surface area contributed by atoms with E-state index < -0.39 is 11.8 Å². The van der Waals surface area contributed by atoms with E-state index in [9.17, 15) is 14.4 Å². The molecule has 0 saturated carbocycles. The molecule has 0 atom stereocenters. The maximum absolute atomic E-state index is 12.2. The Morgan fingerprint density at radius 3 is 2.64 bits per heavy atom. The predicted molar refractivity (Wildman–Crippen MR) is 92.0 cm³/mol. The highest BCUT2D eigenvalue weighted by Crippen LogP contribution is 2.29. The number of amides is 3. The topological polar surface area (TPSA) is 91.4 Å². The van der Waals surface area contributed by atoms with Crippen molar-refractivity contribution in [3.05, 3.63) is 59.4 Å². The summed E-state index contributed by atoms with van der Waals surface area (Å²) in [6, 6.07) is 10.1. The van der Waals surface area contributed by atoms with Gasteiger partial charge in [-0.2, -0.15) is 0 Å². The summed E-state index contributed by atoms with van der Waals surface area (Å²) in [5.41, 5.74) is 7.14. The van der Waals surface area contributed by atoms with E-state index in [1.807, 2.05) is 6.92 Å². The van der Waals surface area contributed by atoms with Crippen LogP contribution >= 0.6 is 0 Å². The zero-order valence-electron chi connectivity index (χ0n) is 13.8. The van der Waals surface area contributed by atoms with Crippen LogP contribution in [0.25, 0.3) is 0 Å². The maximum Gasteiger partial charge on any atom is 0.288 e. The Balaban J connectivity index is 1.66. The van der Waals surface area contributed by atoms with Gasteiger partial charge >= 0.3 is 0 Å². The van der Waals surface area contributed by atoms with E-state index in [0.717, 1.165) is 11.3 Å². The monoisotopic (exact) mass is 338 g/mol. The Bertz CT molecular complexity index is 820. The molecule has 0 aliphatic carbocycles. The van der Waals surface area contributed by atoms with Crippen LogP contribution in [0.5, 0.6) is 0 Å². The summed E-state index contributed by atoms with van der Waals surface area (Å²) < 4.78 is 0. The summed E-state index contributed by atoms with van der Waals surface area (Å²) in [4.78, 5) is 41.7. The summed E-state index contributed by atoms with van der Waals surface area (Å²) >= 11 is 0. The smallest absolute Gasteiger partial charge is 0.288 e. The van der Waals surface area contributed by atoms with E-state index in [4.69, 9.17) is 0 Å². The minimum atomic E-state index is -0.491. The first kappa shape index (κ1) is 16.6. The molecule has 2 N–H and O–H groups in total. The third-order valence-corrected chi connectivity index (χ3v) is 4.03. The number of carbonyl (C=O) groups excluding carboxylic acids is 3. The molecular weight excluding hydrogens is 320 g/mol. The maximum atomic E-state index is 12.2. The fourth-order valence-corrected chi connectivity index (χ4v) is 2.74. The Labute approximate surface area is 145 Å². The van der Waals surface area contributed by atoms with E-state index in [0.29, 0.717) is 24.9 Å². The van der Waals surface area contributed by atoms with Gasteiger partial charge in [-0.15, -0.1) is 0 Å². The van der Waals surface area contributed by atoms with Crippen molar-refractivity contribution in [2.45, 2.75) is 19.8 Å². The average molecular weight is 338 g/mol. The number of benzene rings is 1. The highest BCUT2D eigenvalue weighted by atomic mass is 16.2.